The van der Waals surface area contributed by atoms with Gasteiger partial charge in [-0.05, 0) is 46.8 Å². The highest BCUT2D eigenvalue weighted by Crippen LogP contribution is 2.52. The zero-order valence-electron chi connectivity index (χ0n) is 22.1. The third-order valence-corrected chi connectivity index (χ3v) is 7.75. The third kappa shape index (κ3) is 6.83. The lowest BCUT2D eigenvalue weighted by molar-refractivity contribution is -0.149. The van der Waals surface area contributed by atoms with Crippen LogP contribution in [-0.2, 0) is 23.4 Å². The van der Waals surface area contributed by atoms with Crippen molar-refractivity contribution in [2.45, 2.75) is 76.4 Å². The van der Waals surface area contributed by atoms with Crippen LogP contribution in [0.25, 0.3) is 0 Å². The van der Waals surface area contributed by atoms with Gasteiger partial charge in [-0.3, -0.25) is 23.7 Å². The maximum Gasteiger partial charge on any atom is 0.460 e. The van der Waals surface area contributed by atoms with E-state index >= 15 is 0 Å². The van der Waals surface area contributed by atoms with Gasteiger partial charge in [-0.25, -0.2) is 13.8 Å². The number of rotatable bonds is 11. The lowest BCUT2D eigenvalue weighted by Gasteiger charge is -2.36. The molecule has 1 fully saturated rings. The molecular formula is C24H33FN3O10P. The minimum atomic E-state index is -4.49. The molecule has 6 atom stereocenters. The summed E-state index contributed by atoms with van der Waals surface area (Å²) in [6.07, 6.45) is -4.87. The molecular weight excluding hydrogens is 540 g/mol. The van der Waals surface area contributed by atoms with E-state index in [0.717, 1.165) is 12.3 Å². The zero-order chi connectivity index (χ0) is 29.2. The fourth-order valence-electron chi connectivity index (χ4n) is 4.02. The van der Waals surface area contributed by atoms with Gasteiger partial charge in [0.1, 0.15) is 36.3 Å². The zero-order valence-corrected chi connectivity index (χ0v) is 23.0. The van der Waals surface area contributed by atoms with Crippen molar-refractivity contribution in [1.29, 1.82) is 0 Å². The van der Waals surface area contributed by atoms with Crippen molar-refractivity contribution in [3.63, 3.8) is 0 Å². The lowest BCUT2D eigenvalue weighted by atomic mass is 9.88. The van der Waals surface area contributed by atoms with Crippen LogP contribution in [0, 0.1) is 0 Å². The van der Waals surface area contributed by atoms with Gasteiger partial charge >= 0.3 is 19.4 Å². The molecule has 0 saturated carbocycles. The smallest absolute Gasteiger partial charge is 0.460 e. The summed E-state index contributed by atoms with van der Waals surface area (Å²) in [5, 5.41) is 24.5. The van der Waals surface area contributed by atoms with Crippen LogP contribution < -0.4 is 20.9 Å². The molecule has 1 saturated heterocycles. The Hall–Kier alpha value is -2.87. The van der Waals surface area contributed by atoms with Crippen LogP contribution in [0.4, 0.5) is 4.39 Å². The van der Waals surface area contributed by atoms with Crippen LogP contribution >= 0.6 is 7.75 Å². The highest BCUT2D eigenvalue weighted by atomic mass is 31.2. The van der Waals surface area contributed by atoms with Crippen LogP contribution in [0.5, 0.6) is 5.75 Å². The molecule has 2 heterocycles. The average molecular weight is 574 g/mol. The molecule has 0 aliphatic carbocycles. The van der Waals surface area contributed by atoms with Crippen LogP contribution in [0.2, 0.25) is 0 Å². The lowest BCUT2D eigenvalue weighted by Crippen LogP contribution is -2.54. The summed E-state index contributed by atoms with van der Waals surface area (Å²) in [5.74, 6) is -0.635. The first kappa shape index (κ1) is 30.7. The largest absolute Gasteiger partial charge is 0.462 e. The Balaban J connectivity index is 1.96. The highest BCUT2D eigenvalue weighted by Gasteiger charge is 2.62. The molecule has 15 heteroatoms. The third-order valence-electron chi connectivity index (χ3n) is 5.89. The quantitative estimate of drug-likeness (QED) is 0.226. The van der Waals surface area contributed by atoms with Gasteiger partial charge in [0.2, 0.25) is 0 Å². The van der Waals surface area contributed by atoms with E-state index in [1.54, 1.807) is 32.0 Å². The Morgan fingerprint density at radius 1 is 1.26 bits per heavy atom. The predicted octanol–water partition coefficient (Wildman–Crippen LogP) is 1.41. The van der Waals surface area contributed by atoms with Gasteiger partial charge in [-0.2, -0.15) is 5.09 Å². The maximum absolute atomic E-state index is 14.2. The van der Waals surface area contributed by atoms with E-state index in [-0.39, 0.29) is 5.75 Å². The molecule has 1 aliphatic rings. The van der Waals surface area contributed by atoms with Gasteiger partial charge in [-0.15, -0.1) is 0 Å². The number of hydrogen-bond acceptors (Lipinski definition) is 10. The van der Waals surface area contributed by atoms with E-state index in [1.165, 1.54) is 32.9 Å². The number of carbonyl (C=O) groups is 1. The average Bonchev–Trinajstić information content (AvgIpc) is 3.10. The first-order valence-electron chi connectivity index (χ1n) is 12.1. The van der Waals surface area contributed by atoms with Crippen molar-refractivity contribution < 1.29 is 42.5 Å². The summed E-state index contributed by atoms with van der Waals surface area (Å²) in [6.45, 7) is 5.77. The summed E-state index contributed by atoms with van der Waals surface area (Å²) >= 11 is 0. The van der Waals surface area contributed by atoms with Crippen molar-refractivity contribution in [2.75, 3.05) is 6.67 Å². The number of H-pyrrole nitrogens is 1. The first-order chi connectivity index (χ1) is 18.1. The van der Waals surface area contributed by atoms with Crippen molar-refractivity contribution in [1.82, 2.24) is 14.6 Å². The molecule has 0 spiro atoms. The second-order valence-corrected chi connectivity index (χ2v) is 11.5. The Morgan fingerprint density at radius 3 is 2.46 bits per heavy atom. The summed E-state index contributed by atoms with van der Waals surface area (Å²) in [4.78, 5) is 38.2. The number of aliphatic hydroxyl groups is 2. The van der Waals surface area contributed by atoms with Crippen molar-refractivity contribution in [3.05, 3.63) is 63.4 Å². The number of aromatic amines is 1. The van der Waals surface area contributed by atoms with Crippen molar-refractivity contribution in [3.8, 4) is 5.75 Å². The Morgan fingerprint density at radius 2 is 1.90 bits per heavy atom. The molecule has 13 nitrogen and oxygen atoms in total. The second-order valence-electron chi connectivity index (χ2n) is 9.93. The molecule has 2 aromatic rings. The SMILES string of the molecule is CC(C)OC(=O)[C@H](C)N[P@](=O)(Oc1ccccc1)OC(C)(C)[C@H]1O[C@@H](n2ccc(=O)[nH]c2=O)[C@@](O)(CF)C1O. The van der Waals surface area contributed by atoms with Gasteiger partial charge in [0.15, 0.2) is 11.8 Å². The fourth-order valence-corrected chi connectivity index (χ4v) is 5.87. The number of nitrogens with zero attached hydrogens (tertiary/aromatic N) is 1. The Labute approximate surface area is 223 Å². The van der Waals surface area contributed by atoms with Crippen molar-refractivity contribution >= 4 is 13.7 Å². The van der Waals surface area contributed by atoms with Gasteiger partial charge in [0.05, 0.1) is 6.10 Å². The minimum Gasteiger partial charge on any atom is -0.462 e. The molecule has 1 aliphatic heterocycles. The Kier molecular flexibility index (Phi) is 9.20. The number of halogens is 1. The van der Waals surface area contributed by atoms with Gasteiger partial charge in [0.25, 0.3) is 5.56 Å². The Bertz CT molecular complexity index is 1320. The van der Waals surface area contributed by atoms with Crippen LogP contribution in [-0.4, -0.2) is 68.0 Å². The van der Waals surface area contributed by atoms with E-state index in [2.05, 4.69) is 5.09 Å². The topological polar surface area (TPSA) is 178 Å². The summed E-state index contributed by atoms with van der Waals surface area (Å²) in [7, 11) is -4.49. The number of aromatic nitrogens is 2. The van der Waals surface area contributed by atoms with E-state index in [4.69, 9.17) is 18.5 Å². The summed E-state index contributed by atoms with van der Waals surface area (Å²) in [5.41, 5.74) is -6.22. The normalized spacial score (nSPS) is 25.7. The molecule has 0 radical (unpaired) electrons. The molecule has 216 valence electrons. The van der Waals surface area contributed by atoms with Crippen LogP contribution in [0.3, 0.4) is 0 Å². The van der Waals surface area contributed by atoms with E-state index in [1.807, 2.05) is 4.98 Å². The second kappa shape index (κ2) is 11.7. The number of nitrogens with one attached hydrogen (secondary N) is 2. The molecule has 1 aromatic heterocycles. The van der Waals surface area contributed by atoms with Crippen LogP contribution in [0.1, 0.15) is 40.8 Å². The number of benzene rings is 1. The fraction of sp³-hybridized carbons (Fsp3) is 0.542. The number of para-hydroxylation sites is 1. The standard InChI is InChI=1S/C24H33FN3O10P/c1-14(2)35-20(31)15(3)27-39(34,37-16-9-7-6-8-10-16)38-23(4,5)19-18(30)24(33,13-25)21(36-19)28-12-11-17(29)26-22(28)32/h6-12,14-15,18-19,21,30,33H,13H2,1-5H3,(H,27,34)(H,26,29,32)/t15-,18?,19-,21+,24+,39-/m0/s1. The predicted molar refractivity (Wildman–Crippen MR) is 136 cm³/mol. The molecule has 1 unspecified atom stereocenters. The number of aliphatic hydroxyl groups excluding tert-OH is 1. The van der Waals surface area contributed by atoms with Crippen molar-refractivity contribution in [2.24, 2.45) is 0 Å². The van der Waals surface area contributed by atoms with E-state index in [0.29, 0.717) is 4.57 Å². The highest BCUT2D eigenvalue weighted by molar-refractivity contribution is 7.52. The van der Waals surface area contributed by atoms with Gasteiger partial charge in [0, 0.05) is 12.3 Å². The molecule has 3 rings (SSSR count). The summed E-state index contributed by atoms with van der Waals surface area (Å²) in [6, 6.07) is 7.67. The molecule has 0 amide bonds. The first-order valence-corrected chi connectivity index (χ1v) is 13.6. The number of hydrogen-bond donors (Lipinski definition) is 4. The van der Waals surface area contributed by atoms with Gasteiger partial charge in [-0.1, -0.05) is 18.2 Å². The number of esters is 1. The number of alkyl halides is 1. The van der Waals surface area contributed by atoms with E-state index < -0.39 is 73.4 Å². The van der Waals surface area contributed by atoms with Gasteiger partial charge < -0.3 is 24.2 Å². The molecule has 39 heavy (non-hydrogen) atoms. The minimum absolute atomic E-state index is 0.111. The van der Waals surface area contributed by atoms with Crippen LogP contribution in [0.15, 0.2) is 52.2 Å². The number of carbonyl (C=O) groups excluding carboxylic acids is 1. The monoisotopic (exact) mass is 573 g/mol. The molecule has 4 N–H and O–H groups in total. The van der Waals surface area contributed by atoms with E-state index in [9.17, 15) is 33.6 Å². The maximum atomic E-state index is 14.2. The number of ether oxygens (including phenoxy) is 2. The molecule has 0 bridgehead atoms. The molecule has 1 aromatic carbocycles. The summed E-state index contributed by atoms with van der Waals surface area (Å²) < 4.78 is 51.2.